The number of hydrogen-bond donors (Lipinski definition) is 0. The van der Waals surface area contributed by atoms with E-state index >= 15 is 0 Å². The molecule has 0 aromatic heterocycles. The second-order valence-corrected chi connectivity index (χ2v) is 14.4. The van der Waals surface area contributed by atoms with Crippen molar-refractivity contribution in [2.45, 2.75) is 181 Å². The summed E-state index contributed by atoms with van der Waals surface area (Å²) in [4.78, 5) is 37.7. The fourth-order valence-corrected chi connectivity index (χ4v) is 5.66. The molecule has 1 unspecified atom stereocenters. The zero-order valence-electron chi connectivity index (χ0n) is 36.3. The van der Waals surface area contributed by atoms with Gasteiger partial charge in [0.25, 0.3) is 0 Å². The van der Waals surface area contributed by atoms with Gasteiger partial charge in [0.15, 0.2) is 6.10 Å². The number of esters is 3. The van der Waals surface area contributed by atoms with Gasteiger partial charge in [-0.05, 0) is 51.4 Å². The summed E-state index contributed by atoms with van der Waals surface area (Å²) in [6.07, 6.45) is 59.3. The van der Waals surface area contributed by atoms with Gasteiger partial charge in [0.2, 0.25) is 0 Å². The first kappa shape index (κ1) is 53.1. The third-order valence-electron chi connectivity index (χ3n) is 9.00. The van der Waals surface area contributed by atoms with Crippen LogP contribution in [-0.4, -0.2) is 37.2 Å². The van der Waals surface area contributed by atoms with E-state index in [0.717, 1.165) is 57.8 Å². The number of unbranched alkanes of at least 4 members (excludes halogenated alkanes) is 16. The van der Waals surface area contributed by atoms with E-state index in [9.17, 15) is 14.4 Å². The Kier molecular flexibility index (Phi) is 41.7. The predicted octanol–water partition coefficient (Wildman–Crippen LogP) is 14.4. The molecule has 0 aromatic rings. The highest BCUT2D eigenvalue weighted by Gasteiger charge is 2.19. The van der Waals surface area contributed by atoms with Crippen molar-refractivity contribution in [3.8, 4) is 0 Å². The molecule has 0 saturated carbocycles. The third-order valence-corrected chi connectivity index (χ3v) is 9.00. The fourth-order valence-electron chi connectivity index (χ4n) is 5.66. The van der Waals surface area contributed by atoms with Crippen molar-refractivity contribution >= 4 is 17.9 Å². The number of carbonyl (C=O) groups excluding carboxylic acids is 3. The molecule has 0 saturated heterocycles. The van der Waals surface area contributed by atoms with Crippen LogP contribution in [0.2, 0.25) is 0 Å². The molecule has 0 fully saturated rings. The topological polar surface area (TPSA) is 78.9 Å². The van der Waals surface area contributed by atoms with Crippen LogP contribution in [0.4, 0.5) is 0 Å². The molecule has 0 aliphatic carbocycles. The standard InChI is InChI=1S/C51H80O6/c1-4-7-10-13-16-19-22-25-28-31-34-37-40-43-49(52)55-46-48(57-51(54)45-42-39-36-33-30-27-24-21-18-15-12-9-6-3)47-56-50(53)44-41-38-35-32-29-26-23-20-17-14-11-8-5-2/h7,9-10,12-13,15-16,18-19,21-22,24-25,27-28,30-31,34,48H,4-6,8,11,14,17,20,23,26,29,32-33,35-47H2,1-3H3/b10-7-,12-9-,16-13-,18-15-,22-19-,24-21-,28-25-,30-27-,34-31-. The Labute approximate surface area is 349 Å². The number of hydrogen-bond acceptors (Lipinski definition) is 6. The maximum absolute atomic E-state index is 12.7. The maximum atomic E-state index is 12.7. The van der Waals surface area contributed by atoms with Crippen molar-refractivity contribution < 1.29 is 28.6 Å². The van der Waals surface area contributed by atoms with Gasteiger partial charge in [0.05, 0.1) is 0 Å². The van der Waals surface area contributed by atoms with Crippen molar-refractivity contribution in [1.82, 2.24) is 0 Å². The molecule has 0 spiro atoms. The zero-order valence-corrected chi connectivity index (χ0v) is 36.3. The smallest absolute Gasteiger partial charge is 0.306 e. The highest BCUT2D eigenvalue weighted by molar-refractivity contribution is 5.71. The summed E-state index contributed by atoms with van der Waals surface area (Å²) in [6.45, 7) is 6.22. The summed E-state index contributed by atoms with van der Waals surface area (Å²) in [7, 11) is 0. The Morgan fingerprint density at radius 2 is 0.702 bits per heavy atom. The molecule has 6 heteroatoms. The van der Waals surface area contributed by atoms with Gasteiger partial charge in [-0.2, -0.15) is 0 Å². The lowest BCUT2D eigenvalue weighted by molar-refractivity contribution is -0.167. The number of carbonyl (C=O) groups is 3. The summed E-state index contributed by atoms with van der Waals surface area (Å²) in [5.74, 6) is -1.05. The van der Waals surface area contributed by atoms with E-state index in [4.69, 9.17) is 14.2 Å². The Bertz CT molecular complexity index is 1230. The summed E-state index contributed by atoms with van der Waals surface area (Å²) in [5, 5.41) is 0. The molecule has 0 heterocycles. The SMILES string of the molecule is CC\C=C/C=C\C=C/C=C\C=C/CCCC(=O)OCC(COC(=O)CCCCCCCCCCCCCCC)OC(=O)CCCCC\C=C/C=C\C=C/C=C\CC. The van der Waals surface area contributed by atoms with Crippen LogP contribution in [0.5, 0.6) is 0 Å². The molecule has 0 rings (SSSR count). The first-order valence-electron chi connectivity index (χ1n) is 22.5. The van der Waals surface area contributed by atoms with E-state index in [1.165, 1.54) is 64.2 Å². The van der Waals surface area contributed by atoms with Crippen LogP contribution in [0.3, 0.4) is 0 Å². The van der Waals surface area contributed by atoms with E-state index in [1.54, 1.807) is 0 Å². The molecule has 6 nitrogen and oxygen atoms in total. The largest absolute Gasteiger partial charge is 0.462 e. The molecule has 0 aliphatic heterocycles. The molecule has 1 atom stereocenters. The van der Waals surface area contributed by atoms with Crippen LogP contribution in [0.15, 0.2) is 109 Å². The second-order valence-electron chi connectivity index (χ2n) is 14.4. The summed E-state index contributed by atoms with van der Waals surface area (Å²) < 4.78 is 16.6. The van der Waals surface area contributed by atoms with E-state index < -0.39 is 6.10 Å². The molecule has 0 bridgehead atoms. The van der Waals surface area contributed by atoms with Crippen LogP contribution < -0.4 is 0 Å². The molecule has 57 heavy (non-hydrogen) atoms. The highest BCUT2D eigenvalue weighted by Crippen LogP contribution is 2.14. The van der Waals surface area contributed by atoms with Crippen molar-refractivity contribution in [2.75, 3.05) is 13.2 Å². The van der Waals surface area contributed by atoms with Crippen LogP contribution in [0.25, 0.3) is 0 Å². The lowest BCUT2D eigenvalue weighted by atomic mass is 10.0. The van der Waals surface area contributed by atoms with Crippen LogP contribution >= 0.6 is 0 Å². The Morgan fingerprint density at radius 3 is 1.14 bits per heavy atom. The molecule has 320 valence electrons. The molecule has 0 radical (unpaired) electrons. The van der Waals surface area contributed by atoms with Crippen molar-refractivity contribution in [3.63, 3.8) is 0 Å². The van der Waals surface area contributed by atoms with E-state index in [-0.39, 0.29) is 44.0 Å². The lowest BCUT2D eigenvalue weighted by Gasteiger charge is -2.18. The van der Waals surface area contributed by atoms with Gasteiger partial charge in [-0.25, -0.2) is 0 Å². The minimum absolute atomic E-state index is 0.118. The minimum Gasteiger partial charge on any atom is -0.462 e. The van der Waals surface area contributed by atoms with Gasteiger partial charge >= 0.3 is 17.9 Å². The highest BCUT2D eigenvalue weighted by atomic mass is 16.6. The molecular formula is C51H80O6. The monoisotopic (exact) mass is 789 g/mol. The van der Waals surface area contributed by atoms with E-state index in [1.807, 2.05) is 91.1 Å². The summed E-state index contributed by atoms with van der Waals surface area (Å²) in [5.41, 5.74) is 0. The lowest BCUT2D eigenvalue weighted by Crippen LogP contribution is -2.30. The second kappa shape index (κ2) is 44.8. The van der Waals surface area contributed by atoms with Crippen LogP contribution in [0.1, 0.15) is 175 Å². The fraction of sp³-hybridized carbons (Fsp3) is 0.588. The van der Waals surface area contributed by atoms with Gasteiger partial charge in [-0.1, -0.05) is 214 Å². The quantitative estimate of drug-likeness (QED) is 0.0268. The Hall–Kier alpha value is -3.93. The van der Waals surface area contributed by atoms with Crippen LogP contribution in [0, 0.1) is 0 Å². The van der Waals surface area contributed by atoms with E-state index in [2.05, 4.69) is 39.0 Å². The summed E-state index contributed by atoms with van der Waals surface area (Å²) >= 11 is 0. The normalized spacial score (nSPS) is 13.1. The van der Waals surface area contributed by atoms with Crippen molar-refractivity contribution in [1.29, 1.82) is 0 Å². The molecular weight excluding hydrogens is 709 g/mol. The Morgan fingerprint density at radius 1 is 0.368 bits per heavy atom. The van der Waals surface area contributed by atoms with Gasteiger partial charge in [-0.3, -0.25) is 14.4 Å². The van der Waals surface area contributed by atoms with Gasteiger partial charge in [0.1, 0.15) is 13.2 Å². The Balaban J connectivity index is 4.58. The van der Waals surface area contributed by atoms with E-state index in [0.29, 0.717) is 19.3 Å². The predicted molar refractivity (Wildman–Crippen MR) is 242 cm³/mol. The molecule has 0 aliphatic rings. The van der Waals surface area contributed by atoms with Crippen LogP contribution in [-0.2, 0) is 28.6 Å². The van der Waals surface area contributed by atoms with Gasteiger partial charge in [-0.15, -0.1) is 0 Å². The summed E-state index contributed by atoms with van der Waals surface area (Å²) in [6, 6.07) is 0. The molecule has 0 amide bonds. The first-order chi connectivity index (χ1) is 28.0. The van der Waals surface area contributed by atoms with Crippen molar-refractivity contribution in [3.05, 3.63) is 109 Å². The number of ether oxygens (including phenoxy) is 3. The van der Waals surface area contributed by atoms with Crippen molar-refractivity contribution in [2.24, 2.45) is 0 Å². The number of rotatable bonds is 38. The van der Waals surface area contributed by atoms with Gasteiger partial charge < -0.3 is 14.2 Å². The molecule has 0 N–H and O–H groups in total. The van der Waals surface area contributed by atoms with Gasteiger partial charge in [0, 0.05) is 19.3 Å². The maximum Gasteiger partial charge on any atom is 0.306 e. The average Bonchev–Trinajstić information content (AvgIpc) is 3.21. The third kappa shape index (κ3) is 43.0. The minimum atomic E-state index is -0.825. The average molecular weight is 789 g/mol. The zero-order chi connectivity index (χ0) is 41.5. The first-order valence-corrected chi connectivity index (χ1v) is 22.5. The molecule has 0 aromatic carbocycles. The number of allylic oxidation sites excluding steroid dienone is 18.